The van der Waals surface area contributed by atoms with Crippen molar-refractivity contribution in [3.8, 4) is 0 Å². The summed E-state index contributed by atoms with van der Waals surface area (Å²) >= 11 is 0. The molecule has 0 saturated carbocycles. The maximum absolute atomic E-state index is 12.5. The average Bonchev–Trinajstić information content (AvgIpc) is 2.65. The summed E-state index contributed by atoms with van der Waals surface area (Å²) in [6.45, 7) is 6.65. The smallest absolute Gasteiger partial charge is 0.242 e. The fourth-order valence-corrected chi connectivity index (χ4v) is 2.96. The molecule has 0 bridgehead atoms. The zero-order valence-electron chi connectivity index (χ0n) is 14.9. The van der Waals surface area contributed by atoms with Gasteiger partial charge in [-0.2, -0.15) is 0 Å². The summed E-state index contributed by atoms with van der Waals surface area (Å²) in [4.78, 5) is 28.1. The van der Waals surface area contributed by atoms with Crippen molar-refractivity contribution in [2.24, 2.45) is 5.41 Å². The highest BCUT2D eigenvalue weighted by molar-refractivity contribution is 5.87. The summed E-state index contributed by atoms with van der Waals surface area (Å²) in [6, 6.07) is 10.1. The number of benzene rings is 1. The highest BCUT2D eigenvalue weighted by Crippen LogP contribution is 2.19. The van der Waals surface area contributed by atoms with Crippen molar-refractivity contribution in [3.63, 3.8) is 0 Å². The number of hydrogen-bond acceptors (Lipinski definition) is 3. The van der Waals surface area contributed by atoms with Crippen molar-refractivity contribution in [2.45, 2.75) is 39.7 Å². The van der Waals surface area contributed by atoms with Crippen LogP contribution in [0, 0.1) is 5.41 Å². The Hall–Kier alpha value is -1.88. The first-order valence-electron chi connectivity index (χ1n) is 8.56. The van der Waals surface area contributed by atoms with Crippen LogP contribution in [-0.4, -0.2) is 59.0 Å². The van der Waals surface area contributed by atoms with Crippen molar-refractivity contribution in [1.29, 1.82) is 0 Å². The summed E-state index contributed by atoms with van der Waals surface area (Å²) in [5, 5.41) is 10.2. The minimum atomic E-state index is -0.695. The van der Waals surface area contributed by atoms with Gasteiger partial charge in [-0.3, -0.25) is 9.59 Å². The number of β-amino-alcohol motifs (C(OH)–C–C–N with tert-alkyl or cyclic N) is 1. The van der Waals surface area contributed by atoms with Crippen LogP contribution in [0.15, 0.2) is 30.3 Å². The lowest BCUT2D eigenvalue weighted by atomic mass is 9.94. The number of aryl methyl sites for hydroxylation is 1. The van der Waals surface area contributed by atoms with E-state index in [1.807, 2.05) is 39.0 Å². The molecule has 0 spiro atoms. The maximum atomic E-state index is 12.5. The minimum absolute atomic E-state index is 0.0541. The van der Waals surface area contributed by atoms with Gasteiger partial charge in [0.05, 0.1) is 12.6 Å². The third-order valence-corrected chi connectivity index (χ3v) is 4.21. The number of carbonyl (C=O) groups excluding carboxylic acids is 2. The van der Waals surface area contributed by atoms with E-state index >= 15 is 0 Å². The molecule has 132 valence electrons. The number of nitrogens with zero attached hydrogens (tertiary/aromatic N) is 2. The first-order chi connectivity index (χ1) is 11.3. The lowest BCUT2D eigenvalue weighted by Crippen LogP contribution is -2.44. The number of carbonyl (C=O) groups is 2. The molecule has 5 nitrogen and oxygen atoms in total. The van der Waals surface area contributed by atoms with Gasteiger partial charge in [-0.05, 0) is 18.4 Å². The molecule has 1 fully saturated rings. The first kappa shape index (κ1) is 18.5. The van der Waals surface area contributed by atoms with Crippen LogP contribution < -0.4 is 0 Å². The second-order valence-electron chi connectivity index (χ2n) is 7.52. The Balaban J connectivity index is 1.93. The van der Waals surface area contributed by atoms with E-state index in [-0.39, 0.29) is 24.9 Å². The molecule has 0 aromatic heterocycles. The van der Waals surface area contributed by atoms with E-state index in [1.165, 1.54) is 10.5 Å². The van der Waals surface area contributed by atoms with E-state index in [0.717, 1.165) is 12.8 Å². The van der Waals surface area contributed by atoms with Crippen LogP contribution in [0.2, 0.25) is 0 Å². The molecule has 1 unspecified atom stereocenters. The second-order valence-corrected chi connectivity index (χ2v) is 7.52. The van der Waals surface area contributed by atoms with Gasteiger partial charge >= 0.3 is 0 Å². The largest absolute Gasteiger partial charge is 0.389 e. The molecule has 1 aliphatic heterocycles. The predicted molar refractivity (Wildman–Crippen MR) is 93.4 cm³/mol. The third kappa shape index (κ3) is 5.06. The molecule has 1 aromatic carbocycles. The quantitative estimate of drug-likeness (QED) is 0.913. The monoisotopic (exact) mass is 332 g/mol. The molecule has 2 rings (SSSR count). The van der Waals surface area contributed by atoms with Crippen molar-refractivity contribution < 1.29 is 14.7 Å². The molecule has 1 aliphatic rings. The maximum Gasteiger partial charge on any atom is 0.242 e. The summed E-state index contributed by atoms with van der Waals surface area (Å²) in [7, 11) is 0. The predicted octanol–water partition coefficient (Wildman–Crippen LogP) is 1.70. The zero-order chi connectivity index (χ0) is 17.7. The molecule has 1 saturated heterocycles. The molecule has 1 atom stereocenters. The highest BCUT2D eigenvalue weighted by Gasteiger charge is 2.33. The van der Waals surface area contributed by atoms with Crippen LogP contribution in [0.5, 0.6) is 0 Å². The van der Waals surface area contributed by atoms with E-state index in [2.05, 4.69) is 12.1 Å². The Morgan fingerprint density at radius 3 is 2.50 bits per heavy atom. The Morgan fingerprint density at radius 2 is 1.88 bits per heavy atom. The normalized spacial score (nSPS) is 19.3. The lowest BCUT2D eigenvalue weighted by Gasteiger charge is -2.28. The van der Waals surface area contributed by atoms with E-state index in [9.17, 15) is 14.7 Å². The van der Waals surface area contributed by atoms with Crippen LogP contribution in [-0.2, 0) is 16.0 Å². The van der Waals surface area contributed by atoms with Gasteiger partial charge in [0.15, 0.2) is 0 Å². The van der Waals surface area contributed by atoms with Crippen molar-refractivity contribution in [2.75, 3.05) is 26.2 Å². The molecule has 5 heteroatoms. The topological polar surface area (TPSA) is 60.9 Å². The Bertz CT molecular complexity index is 566. The fraction of sp³-hybridized carbons (Fsp3) is 0.579. The molecule has 2 amide bonds. The van der Waals surface area contributed by atoms with Crippen molar-refractivity contribution >= 4 is 11.8 Å². The van der Waals surface area contributed by atoms with E-state index in [0.29, 0.717) is 13.1 Å². The van der Waals surface area contributed by atoms with Gasteiger partial charge in [-0.1, -0.05) is 51.1 Å². The number of hydrogen-bond donors (Lipinski definition) is 1. The van der Waals surface area contributed by atoms with Gasteiger partial charge in [-0.15, -0.1) is 0 Å². The molecular weight excluding hydrogens is 304 g/mol. The molecule has 1 heterocycles. The first-order valence-corrected chi connectivity index (χ1v) is 8.56. The Labute approximate surface area is 144 Å². The second kappa shape index (κ2) is 7.79. The molecule has 0 radical (unpaired) electrons. The third-order valence-electron chi connectivity index (χ3n) is 4.21. The van der Waals surface area contributed by atoms with E-state index in [1.54, 1.807) is 4.90 Å². The molecular formula is C19H28N2O3. The fourth-order valence-electron chi connectivity index (χ4n) is 2.96. The summed E-state index contributed by atoms with van der Waals surface area (Å²) in [6.07, 6.45) is 1.04. The number of aliphatic hydroxyl groups is 1. The zero-order valence-corrected chi connectivity index (χ0v) is 14.9. The molecule has 1 N–H and O–H groups in total. The molecule has 0 aliphatic carbocycles. The van der Waals surface area contributed by atoms with Gasteiger partial charge in [0.1, 0.15) is 0 Å². The van der Waals surface area contributed by atoms with Crippen molar-refractivity contribution in [3.05, 3.63) is 35.9 Å². The van der Waals surface area contributed by atoms with Gasteiger partial charge in [-0.25, -0.2) is 0 Å². The van der Waals surface area contributed by atoms with Crippen LogP contribution >= 0.6 is 0 Å². The van der Waals surface area contributed by atoms with E-state index in [4.69, 9.17) is 0 Å². The van der Waals surface area contributed by atoms with Gasteiger partial charge in [0.2, 0.25) is 11.8 Å². The number of aliphatic hydroxyl groups excluding tert-OH is 1. The summed E-state index contributed by atoms with van der Waals surface area (Å²) < 4.78 is 0. The minimum Gasteiger partial charge on any atom is -0.389 e. The molecule has 24 heavy (non-hydrogen) atoms. The van der Waals surface area contributed by atoms with Gasteiger partial charge in [0.25, 0.3) is 0 Å². The number of amides is 2. The highest BCUT2D eigenvalue weighted by atomic mass is 16.3. The van der Waals surface area contributed by atoms with Crippen LogP contribution in [0.4, 0.5) is 0 Å². The van der Waals surface area contributed by atoms with Gasteiger partial charge < -0.3 is 14.9 Å². The van der Waals surface area contributed by atoms with Gasteiger partial charge in [0, 0.05) is 25.0 Å². The standard InChI is InChI=1S/C19H28N2O3/c1-19(2,3)18(24)21-13-16(22)12-20(17(23)14-21)11-7-10-15-8-5-4-6-9-15/h4-6,8-9,16,22H,7,10-14H2,1-3H3. The van der Waals surface area contributed by atoms with Crippen LogP contribution in [0.3, 0.4) is 0 Å². The Kier molecular flexibility index (Phi) is 5.99. The molecule has 1 aromatic rings. The van der Waals surface area contributed by atoms with Crippen LogP contribution in [0.25, 0.3) is 0 Å². The summed E-state index contributed by atoms with van der Waals surface area (Å²) in [5.41, 5.74) is 0.688. The van der Waals surface area contributed by atoms with E-state index < -0.39 is 11.5 Å². The van der Waals surface area contributed by atoms with Crippen molar-refractivity contribution in [1.82, 2.24) is 9.80 Å². The lowest BCUT2D eigenvalue weighted by molar-refractivity contribution is -0.144. The number of rotatable bonds is 4. The average molecular weight is 332 g/mol. The Morgan fingerprint density at radius 1 is 1.21 bits per heavy atom. The summed E-state index contributed by atoms with van der Waals surface area (Å²) in [5.74, 6) is -0.182. The SMILES string of the molecule is CC(C)(C)C(=O)N1CC(=O)N(CCCc2ccccc2)CC(O)C1. The van der Waals surface area contributed by atoms with Crippen LogP contribution in [0.1, 0.15) is 32.8 Å².